The Balaban J connectivity index is 1.27. The molecule has 5 rings (SSSR count). The maximum absolute atomic E-state index is 12.8. The molecule has 2 aromatic heterocycles. The van der Waals surface area contributed by atoms with E-state index in [9.17, 15) is 4.79 Å². The minimum atomic E-state index is 0.0580. The second kappa shape index (κ2) is 8.54. The Kier molecular flexibility index (Phi) is 5.43. The SMILES string of the molecule is Cc1cc2cc(-c3cn[nH]c3)ccc2n1CC1CC(C)N(C(=O)COc2ccccc2)C1. The van der Waals surface area contributed by atoms with E-state index in [1.54, 1.807) is 0 Å². The number of para-hydroxylation sites is 1. The first-order valence-corrected chi connectivity index (χ1v) is 11.1. The average molecular weight is 429 g/mol. The van der Waals surface area contributed by atoms with Crippen molar-refractivity contribution in [2.75, 3.05) is 13.2 Å². The Hall–Kier alpha value is -3.54. The monoisotopic (exact) mass is 428 g/mol. The summed E-state index contributed by atoms with van der Waals surface area (Å²) in [6.07, 6.45) is 4.76. The number of hydrogen-bond donors (Lipinski definition) is 1. The van der Waals surface area contributed by atoms with Crippen molar-refractivity contribution in [3.05, 3.63) is 72.7 Å². The van der Waals surface area contributed by atoms with Crippen LogP contribution in [0.2, 0.25) is 0 Å². The van der Waals surface area contributed by atoms with Gasteiger partial charge in [0.25, 0.3) is 5.91 Å². The third-order valence-electron chi connectivity index (χ3n) is 6.47. The van der Waals surface area contributed by atoms with Gasteiger partial charge in [-0.25, -0.2) is 0 Å². The molecule has 3 heterocycles. The number of aromatic amines is 1. The van der Waals surface area contributed by atoms with Crippen molar-refractivity contribution in [2.24, 2.45) is 5.92 Å². The number of H-pyrrole nitrogens is 1. The van der Waals surface area contributed by atoms with Crippen LogP contribution in [-0.4, -0.2) is 44.8 Å². The van der Waals surface area contributed by atoms with Gasteiger partial charge in [-0.2, -0.15) is 5.10 Å². The van der Waals surface area contributed by atoms with Crippen molar-refractivity contribution in [2.45, 2.75) is 32.9 Å². The molecule has 6 heteroatoms. The first-order chi connectivity index (χ1) is 15.6. The first-order valence-electron chi connectivity index (χ1n) is 11.1. The van der Waals surface area contributed by atoms with Crippen molar-refractivity contribution in [3.63, 3.8) is 0 Å². The summed E-state index contributed by atoms with van der Waals surface area (Å²) in [6, 6.07) is 18.5. The van der Waals surface area contributed by atoms with Gasteiger partial charge in [-0.05, 0) is 62.1 Å². The fraction of sp³-hybridized carbons (Fsp3) is 0.308. The highest BCUT2D eigenvalue weighted by atomic mass is 16.5. The number of benzene rings is 2. The lowest BCUT2D eigenvalue weighted by atomic mass is 10.1. The van der Waals surface area contributed by atoms with Crippen LogP contribution < -0.4 is 4.74 Å². The van der Waals surface area contributed by atoms with Crippen LogP contribution in [-0.2, 0) is 11.3 Å². The highest BCUT2D eigenvalue weighted by Crippen LogP contribution is 2.30. The number of carbonyl (C=O) groups is 1. The molecule has 0 saturated carbocycles. The number of nitrogens with one attached hydrogen (secondary N) is 1. The van der Waals surface area contributed by atoms with Crippen molar-refractivity contribution >= 4 is 16.8 Å². The van der Waals surface area contributed by atoms with Crippen LogP contribution in [0.4, 0.5) is 0 Å². The molecular formula is C26H28N4O2. The predicted octanol–water partition coefficient (Wildman–Crippen LogP) is 4.66. The lowest BCUT2D eigenvalue weighted by Gasteiger charge is -2.21. The van der Waals surface area contributed by atoms with Gasteiger partial charge >= 0.3 is 0 Å². The standard InChI is InChI=1S/C26H28N4O2/c1-18-10-20(16-30(18)26(31)17-32-24-6-4-3-5-7-24)15-29-19(2)11-22-12-21(8-9-25(22)29)23-13-27-28-14-23/h3-9,11-14,18,20H,10,15-17H2,1-2H3,(H,27,28). The second-order valence-electron chi connectivity index (χ2n) is 8.76. The van der Waals surface area contributed by atoms with Gasteiger partial charge in [0.1, 0.15) is 5.75 Å². The fourth-order valence-electron chi connectivity index (χ4n) is 4.86. The molecule has 1 saturated heterocycles. The van der Waals surface area contributed by atoms with E-state index in [1.165, 1.54) is 16.6 Å². The van der Waals surface area contributed by atoms with E-state index in [2.05, 4.69) is 52.9 Å². The summed E-state index contributed by atoms with van der Waals surface area (Å²) < 4.78 is 8.07. The number of amides is 1. The zero-order valence-corrected chi connectivity index (χ0v) is 18.5. The van der Waals surface area contributed by atoms with Crippen LogP contribution in [0.15, 0.2) is 67.0 Å². The van der Waals surface area contributed by atoms with Crippen molar-refractivity contribution in [1.29, 1.82) is 0 Å². The molecule has 2 atom stereocenters. The maximum Gasteiger partial charge on any atom is 0.260 e. The molecule has 1 N–H and O–H groups in total. The zero-order valence-electron chi connectivity index (χ0n) is 18.5. The lowest BCUT2D eigenvalue weighted by molar-refractivity contribution is -0.134. The van der Waals surface area contributed by atoms with E-state index in [4.69, 9.17) is 4.74 Å². The third-order valence-corrected chi connectivity index (χ3v) is 6.47. The topological polar surface area (TPSA) is 63.2 Å². The quantitative estimate of drug-likeness (QED) is 0.486. The Morgan fingerprint density at radius 1 is 1.16 bits per heavy atom. The number of ether oxygens (including phenoxy) is 1. The number of fused-ring (bicyclic) bond motifs is 1. The molecule has 164 valence electrons. The van der Waals surface area contributed by atoms with Gasteiger partial charge in [-0.15, -0.1) is 0 Å². The molecule has 4 aromatic rings. The molecule has 1 fully saturated rings. The minimum Gasteiger partial charge on any atom is -0.484 e. The smallest absolute Gasteiger partial charge is 0.260 e. The second-order valence-corrected chi connectivity index (χ2v) is 8.76. The number of aryl methyl sites for hydroxylation is 1. The molecule has 1 aliphatic rings. The van der Waals surface area contributed by atoms with Crippen LogP contribution in [0.1, 0.15) is 19.0 Å². The summed E-state index contributed by atoms with van der Waals surface area (Å²) in [5.74, 6) is 1.21. The summed E-state index contributed by atoms with van der Waals surface area (Å²) >= 11 is 0. The molecule has 2 aromatic carbocycles. The molecule has 1 amide bonds. The van der Waals surface area contributed by atoms with Crippen LogP contribution in [0.25, 0.3) is 22.0 Å². The molecule has 32 heavy (non-hydrogen) atoms. The largest absolute Gasteiger partial charge is 0.484 e. The summed E-state index contributed by atoms with van der Waals surface area (Å²) in [6.45, 7) is 6.06. The van der Waals surface area contributed by atoms with E-state index >= 15 is 0 Å². The van der Waals surface area contributed by atoms with Gasteiger partial charge in [0.05, 0.1) is 6.20 Å². The van der Waals surface area contributed by atoms with Gasteiger partial charge < -0.3 is 14.2 Å². The third kappa shape index (κ3) is 4.00. The summed E-state index contributed by atoms with van der Waals surface area (Å²) in [5.41, 5.74) is 4.73. The molecule has 6 nitrogen and oxygen atoms in total. The van der Waals surface area contributed by atoms with E-state index in [-0.39, 0.29) is 18.6 Å². The number of hydrogen-bond acceptors (Lipinski definition) is 3. The molecule has 1 aliphatic heterocycles. The highest BCUT2D eigenvalue weighted by Gasteiger charge is 2.33. The average Bonchev–Trinajstić information content (AvgIpc) is 3.53. The maximum atomic E-state index is 12.8. The van der Waals surface area contributed by atoms with Gasteiger partial charge in [0, 0.05) is 47.5 Å². The molecule has 0 bridgehead atoms. The van der Waals surface area contributed by atoms with E-state index in [1.807, 2.05) is 47.6 Å². The molecule has 0 aliphatic carbocycles. The van der Waals surface area contributed by atoms with Gasteiger partial charge in [-0.3, -0.25) is 9.89 Å². The van der Waals surface area contributed by atoms with Crippen molar-refractivity contribution in [1.82, 2.24) is 19.7 Å². The van der Waals surface area contributed by atoms with Crippen molar-refractivity contribution < 1.29 is 9.53 Å². The lowest BCUT2D eigenvalue weighted by Crippen LogP contribution is -2.37. The van der Waals surface area contributed by atoms with E-state index in [0.717, 1.165) is 36.4 Å². The number of likely N-dealkylation sites (tertiary alicyclic amines) is 1. The minimum absolute atomic E-state index is 0.0580. The highest BCUT2D eigenvalue weighted by molar-refractivity contribution is 5.86. The van der Waals surface area contributed by atoms with Crippen LogP contribution in [0, 0.1) is 12.8 Å². The van der Waals surface area contributed by atoms with E-state index < -0.39 is 0 Å². The first kappa shape index (κ1) is 20.4. The number of carbonyl (C=O) groups excluding carboxylic acids is 1. The zero-order chi connectivity index (χ0) is 22.1. The fourth-order valence-corrected chi connectivity index (χ4v) is 4.86. The normalized spacial score (nSPS) is 18.4. The van der Waals surface area contributed by atoms with Gasteiger partial charge in [0.15, 0.2) is 6.61 Å². The number of rotatable bonds is 6. The molecular weight excluding hydrogens is 400 g/mol. The Labute approximate surface area is 187 Å². The Morgan fingerprint density at radius 3 is 2.78 bits per heavy atom. The van der Waals surface area contributed by atoms with Crippen LogP contribution in [0.3, 0.4) is 0 Å². The Morgan fingerprint density at radius 2 is 2.00 bits per heavy atom. The van der Waals surface area contributed by atoms with Crippen LogP contribution >= 0.6 is 0 Å². The predicted molar refractivity (Wildman–Crippen MR) is 125 cm³/mol. The summed E-state index contributed by atoms with van der Waals surface area (Å²) in [4.78, 5) is 14.8. The Bertz CT molecular complexity index is 1210. The summed E-state index contributed by atoms with van der Waals surface area (Å²) in [7, 11) is 0. The molecule has 0 spiro atoms. The molecule has 2 unspecified atom stereocenters. The number of nitrogens with zero attached hydrogens (tertiary/aromatic N) is 3. The van der Waals surface area contributed by atoms with E-state index in [0.29, 0.717) is 5.92 Å². The van der Waals surface area contributed by atoms with Gasteiger partial charge in [-0.1, -0.05) is 24.3 Å². The van der Waals surface area contributed by atoms with Crippen LogP contribution in [0.5, 0.6) is 5.75 Å². The summed E-state index contributed by atoms with van der Waals surface area (Å²) in [5, 5.41) is 8.17. The van der Waals surface area contributed by atoms with Crippen molar-refractivity contribution in [3.8, 4) is 16.9 Å². The molecule has 0 radical (unpaired) electrons. The van der Waals surface area contributed by atoms with Gasteiger partial charge in [0.2, 0.25) is 0 Å². The number of aromatic nitrogens is 3.